The monoisotopic (exact) mass is 556 g/mol. The number of amides is 2. The molecule has 1 aliphatic heterocycles. The molecular formula is C29H29FN8O3. The maximum Gasteiger partial charge on any atom is 0.320 e. The van der Waals surface area contributed by atoms with E-state index < -0.39 is 24.1 Å². The molecule has 11 nitrogen and oxygen atoms in total. The number of carbonyl (C=O) groups excluding carboxylic acids is 1. The minimum absolute atomic E-state index is 0.387. The normalized spacial score (nSPS) is 17.2. The largest absolute Gasteiger partial charge is 0.383 e. The van der Waals surface area contributed by atoms with E-state index in [0.29, 0.717) is 31.1 Å². The van der Waals surface area contributed by atoms with Crippen LogP contribution in [0.25, 0.3) is 22.6 Å². The summed E-state index contributed by atoms with van der Waals surface area (Å²) in [5.74, 6) is -0.0930. The van der Waals surface area contributed by atoms with E-state index in [1.54, 1.807) is 29.1 Å². The van der Waals surface area contributed by atoms with E-state index >= 15 is 0 Å². The number of fused-ring (bicyclic) bond motifs is 1. The number of urea groups is 1. The van der Waals surface area contributed by atoms with Crippen molar-refractivity contribution in [2.45, 2.75) is 19.1 Å². The number of halogens is 1. The molecule has 1 saturated heterocycles. The van der Waals surface area contributed by atoms with Crippen molar-refractivity contribution in [3.05, 3.63) is 96.5 Å². The van der Waals surface area contributed by atoms with Gasteiger partial charge < -0.3 is 14.5 Å². The second-order valence-electron chi connectivity index (χ2n) is 9.70. The number of hydrogen-bond donors (Lipinski definition) is 2. The van der Waals surface area contributed by atoms with Crippen molar-refractivity contribution >= 4 is 17.5 Å². The van der Waals surface area contributed by atoms with Gasteiger partial charge in [-0.25, -0.2) is 19.4 Å². The summed E-state index contributed by atoms with van der Waals surface area (Å²) in [5, 5.41) is 12.6. The van der Waals surface area contributed by atoms with Crippen LogP contribution in [-0.2, 0) is 9.57 Å². The van der Waals surface area contributed by atoms with E-state index in [2.05, 4.69) is 20.6 Å². The quantitative estimate of drug-likeness (QED) is 0.276. The fraction of sp³-hybridized carbons (Fsp3) is 0.241. The fourth-order valence-corrected chi connectivity index (χ4v) is 4.98. The number of ether oxygens (including phenoxy) is 1. The molecule has 41 heavy (non-hydrogen) atoms. The Morgan fingerprint density at radius 3 is 2.80 bits per heavy atom. The Morgan fingerprint density at radius 2 is 2.00 bits per heavy atom. The molecule has 0 unspecified atom stereocenters. The fourth-order valence-electron chi connectivity index (χ4n) is 4.98. The number of carbonyl (C=O) groups is 1. The second kappa shape index (κ2) is 11.5. The average molecular weight is 557 g/mol. The van der Waals surface area contributed by atoms with Crippen molar-refractivity contribution in [3.63, 3.8) is 0 Å². The molecule has 0 aliphatic carbocycles. The van der Waals surface area contributed by atoms with Crippen molar-refractivity contribution < 1.29 is 18.8 Å². The molecular weight excluding hydrogens is 527 g/mol. The first-order chi connectivity index (χ1) is 20.0. The van der Waals surface area contributed by atoms with E-state index in [-0.39, 0.29) is 0 Å². The third-order valence-corrected chi connectivity index (χ3v) is 6.99. The summed E-state index contributed by atoms with van der Waals surface area (Å²) >= 11 is 0. The highest BCUT2D eigenvalue weighted by Crippen LogP contribution is 2.32. The van der Waals surface area contributed by atoms with Gasteiger partial charge in [-0.05, 0) is 48.9 Å². The summed E-state index contributed by atoms with van der Waals surface area (Å²) in [6.45, 7) is 3.24. The zero-order valence-corrected chi connectivity index (χ0v) is 22.6. The Hall–Kier alpha value is -4.65. The van der Waals surface area contributed by atoms with Gasteiger partial charge >= 0.3 is 6.03 Å². The Bertz CT molecular complexity index is 1670. The van der Waals surface area contributed by atoms with Crippen LogP contribution in [-0.4, -0.2) is 68.1 Å². The number of nitrogens with one attached hydrogen (secondary N) is 2. The van der Waals surface area contributed by atoms with Crippen LogP contribution in [0.5, 0.6) is 0 Å². The first kappa shape index (κ1) is 26.6. The van der Waals surface area contributed by atoms with E-state index in [4.69, 9.17) is 14.7 Å². The number of imidazole rings is 1. The lowest BCUT2D eigenvalue weighted by molar-refractivity contribution is -0.154. The molecule has 0 spiro atoms. The minimum Gasteiger partial charge on any atom is -0.383 e. The zero-order valence-electron chi connectivity index (χ0n) is 22.6. The minimum atomic E-state index is -0.617. The topological polar surface area (TPSA) is 111 Å². The van der Waals surface area contributed by atoms with Crippen molar-refractivity contribution in [2.75, 3.05) is 32.1 Å². The number of hydrogen-bond acceptors (Lipinski definition) is 7. The van der Waals surface area contributed by atoms with Crippen LogP contribution in [0, 0.1) is 12.9 Å². The van der Waals surface area contributed by atoms with Gasteiger partial charge in [-0.15, -0.1) is 0 Å². The number of para-hydroxylation sites is 1. The van der Waals surface area contributed by atoms with Gasteiger partial charge in [-0.1, -0.05) is 18.2 Å². The van der Waals surface area contributed by atoms with Gasteiger partial charge in [0.2, 0.25) is 5.95 Å². The number of methoxy groups -OCH3 is 1. The van der Waals surface area contributed by atoms with Crippen LogP contribution in [0.3, 0.4) is 0 Å². The Labute approximate surface area is 235 Å². The summed E-state index contributed by atoms with van der Waals surface area (Å²) in [4.78, 5) is 27.5. The molecule has 4 aromatic heterocycles. The maximum absolute atomic E-state index is 13.9. The second-order valence-corrected chi connectivity index (χ2v) is 9.70. The van der Waals surface area contributed by atoms with Crippen LogP contribution in [0.15, 0.2) is 79.4 Å². The summed E-state index contributed by atoms with van der Waals surface area (Å²) in [7, 11) is 1.61. The smallest absolute Gasteiger partial charge is 0.320 e. The van der Waals surface area contributed by atoms with Crippen molar-refractivity contribution in [1.82, 2.24) is 34.5 Å². The van der Waals surface area contributed by atoms with Crippen molar-refractivity contribution in [1.29, 1.82) is 0 Å². The highest BCUT2D eigenvalue weighted by Gasteiger charge is 2.37. The maximum atomic E-state index is 13.9. The lowest BCUT2D eigenvalue weighted by Gasteiger charge is -2.19. The Kier molecular flexibility index (Phi) is 7.42. The zero-order chi connectivity index (χ0) is 28.3. The van der Waals surface area contributed by atoms with Gasteiger partial charge in [-0.2, -0.15) is 14.6 Å². The molecule has 1 aromatic carbocycles. The number of anilines is 1. The molecule has 2 atom stereocenters. The third kappa shape index (κ3) is 5.53. The van der Waals surface area contributed by atoms with E-state index in [1.807, 2.05) is 66.2 Å². The molecule has 0 bridgehead atoms. The molecule has 1 aliphatic rings. The molecule has 0 saturated carbocycles. The van der Waals surface area contributed by atoms with Crippen LogP contribution in [0.2, 0.25) is 0 Å². The number of aromatic nitrogens is 5. The molecule has 2 amide bonds. The molecule has 0 radical (unpaired) electrons. The standard InChI is InChI=1S/C29H29FN8O3/c1-19-26(21-8-9-25-32-12-13-36(25)17-21)35-38(22-6-4-3-5-7-22)28(19)34-29(39)33-23-18-37(14-15-40-2)41-27(23)20-10-11-31-24(30)16-20/h3-13,16-17,23,27H,14-15,18H2,1-2H3,(H2,33,34,39)/t23-,27+/m1/s1. The van der Waals surface area contributed by atoms with Gasteiger partial charge in [0.1, 0.15) is 17.6 Å². The summed E-state index contributed by atoms with van der Waals surface area (Å²) < 4.78 is 22.8. The molecule has 6 rings (SSSR count). The highest BCUT2D eigenvalue weighted by molar-refractivity contribution is 5.91. The molecule has 210 valence electrons. The number of rotatable bonds is 8. The Balaban J connectivity index is 1.29. The van der Waals surface area contributed by atoms with Gasteiger partial charge in [0.25, 0.3) is 0 Å². The first-order valence-corrected chi connectivity index (χ1v) is 13.2. The highest BCUT2D eigenvalue weighted by atomic mass is 19.1. The lowest BCUT2D eigenvalue weighted by atomic mass is 10.0. The van der Waals surface area contributed by atoms with E-state index in [1.165, 1.54) is 12.3 Å². The van der Waals surface area contributed by atoms with Gasteiger partial charge in [0.05, 0.1) is 24.0 Å². The van der Waals surface area contributed by atoms with Gasteiger partial charge in [0, 0.05) is 56.1 Å². The average Bonchev–Trinajstić information content (AvgIpc) is 3.70. The lowest BCUT2D eigenvalue weighted by Crippen LogP contribution is -2.42. The molecule has 5 heterocycles. The van der Waals surface area contributed by atoms with Crippen molar-refractivity contribution in [2.24, 2.45) is 0 Å². The molecule has 2 N–H and O–H groups in total. The molecule has 1 fully saturated rings. The van der Waals surface area contributed by atoms with Crippen LogP contribution < -0.4 is 10.6 Å². The molecule has 5 aromatic rings. The predicted octanol–water partition coefficient (Wildman–Crippen LogP) is 4.15. The Morgan fingerprint density at radius 1 is 1.15 bits per heavy atom. The van der Waals surface area contributed by atoms with Gasteiger partial charge in [-0.3, -0.25) is 10.2 Å². The van der Waals surface area contributed by atoms with E-state index in [9.17, 15) is 9.18 Å². The van der Waals surface area contributed by atoms with Crippen LogP contribution in [0.4, 0.5) is 15.0 Å². The number of benzene rings is 1. The number of pyridine rings is 2. The van der Waals surface area contributed by atoms with E-state index in [0.717, 1.165) is 28.2 Å². The molecule has 12 heteroatoms. The van der Waals surface area contributed by atoms with Crippen LogP contribution in [0.1, 0.15) is 17.2 Å². The summed E-state index contributed by atoms with van der Waals surface area (Å²) in [5.41, 5.74) is 4.59. The predicted molar refractivity (Wildman–Crippen MR) is 150 cm³/mol. The summed E-state index contributed by atoms with van der Waals surface area (Å²) in [6, 6.07) is 15.6. The summed E-state index contributed by atoms with van der Waals surface area (Å²) in [6.07, 6.45) is 6.35. The van der Waals surface area contributed by atoms with Crippen molar-refractivity contribution in [3.8, 4) is 16.9 Å². The number of nitrogens with zero attached hydrogens (tertiary/aromatic N) is 6. The van der Waals surface area contributed by atoms with Crippen LogP contribution >= 0.6 is 0 Å². The van der Waals surface area contributed by atoms with Gasteiger partial charge in [0.15, 0.2) is 0 Å². The number of hydroxylamine groups is 2. The SMILES string of the molecule is COCCN1C[C@@H](NC(=O)Nc2c(C)c(-c3ccc4nccn4c3)nn2-c2ccccc2)[C@H](c2ccnc(F)c2)O1. The third-order valence-electron chi connectivity index (χ3n) is 6.99. The first-order valence-electron chi connectivity index (χ1n) is 13.2.